The van der Waals surface area contributed by atoms with Gasteiger partial charge in [0.25, 0.3) is 0 Å². The largest absolute Gasteiger partial charge is 0.387 e. The first-order chi connectivity index (χ1) is 8.65. The summed E-state index contributed by atoms with van der Waals surface area (Å²) in [6.07, 6.45) is -0.0813. The lowest BCUT2D eigenvalue weighted by atomic mass is 9.99. The summed E-state index contributed by atoms with van der Waals surface area (Å²) in [7, 11) is 0. The Labute approximate surface area is 107 Å². The van der Waals surface area contributed by atoms with Gasteiger partial charge in [0, 0.05) is 13.0 Å². The molecule has 1 amide bonds. The number of hydrogen-bond donors (Lipinski definition) is 3. The average Bonchev–Trinajstić information content (AvgIpc) is 2.32. The van der Waals surface area contributed by atoms with E-state index in [0.29, 0.717) is 12.3 Å². The zero-order valence-corrected chi connectivity index (χ0v) is 10.6. The van der Waals surface area contributed by atoms with E-state index in [9.17, 15) is 9.90 Å². The minimum Gasteiger partial charge on any atom is -0.387 e. The maximum absolute atomic E-state index is 11.6. The molecule has 4 nitrogen and oxygen atoms in total. The topological polar surface area (TPSA) is 61.4 Å². The Balaban J connectivity index is 1.74. The Hall–Kier alpha value is -1.39. The standard InChI is InChI=1S/C14H20N2O2/c1-10-2-4-12(5-3-10)13(17)9-16-14(18)6-11-7-15-8-11/h2-5,11,13,15,17H,6-9H2,1H3,(H,16,18). The third-order valence-electron chi connectivity index (χ3n) is 3.29. The number of hydrogen-bond acceptors (Lipinski definition) is 3. The van der Waals surface area contributed by atoms with E-state index in [1.807, 2.05) is 31.2 Å². The predicted molar refractivity (Wildman–Crippen MR) is 70.1 cm³/mol. The molecule has 0 aromatic heterocycles. The Bertz CT molecular complexity index is 399. The molecule has 1 aromatic rings. The molecule has 0 spiro atoms. The molecule has 0 radical (unpaired) electrons. The second kappa shape index (κ2) is 5.98. The zero-order chi connectivity index (χ0) is 13.0. The van der Waals surface area contributed by atoms with Crippen LogP contribution in [-0.2, 0) is 4.79 Å². The zero-order valence-electron chi connectivity index (χ0n) is 10.6. The summed E-state index contributed by atoms with van der Waals surface area (Å²) in [6, 6.07) is 7.70. The molecule has 1 aromatic carbocycles. The molecule has 0 bridgehead atoms. The van der Waals surface area contributed by atoms with E-state index in [-0.39, 0.29) is 12.5 Å². The normalized spacial score (nSPS) is 17.0. The molecule has 98 valence electrons. The van der Waals surface area contributed by atoms with Gasteiger partial charge in [0.05, 0.1) is 6.10 Å². The van der Waals surface area contributed by atoms with E-state index in [0.717, 1.165) is 24.2 Å². The van der Waals surface area contributed by atoms with Crippen LogP contribution in [0.15, 0.2) is 24.3 Å². The molecule has 18 heavy (non-hydrogen) atoms. The van der Waals surface area contributed by atoms with Crippen LogP contribution in [0, 0.1) is 12.8 Å². The third kappa shape index (κ3) is 3.55. The van der Waals surface area contributed by atoms with Gasteiger partial charge in [-0.3, -0.25) is 4.79 Å². The summed E-state index contributed by atoms with van der Waals surface area (Å²) in [5.74, 6) is 0.481. The van der Waals surface area contributed by atoms with Crippen molar-refractivity contribution < 1.29 is 9.90 Å². The second-order valence-electron chi connectivity index (χ2n) is 4.96. The average molecular weight is 248 g/mol. The summed E-state index contributed by atoms with van der Waals surface area (Å²) in [4.78, 5) is 11.6. The number of aliphatic hydroxyl groups excluding tert-OH is 1. The third-order valence-corrected chi connectivity index (χ3v) is 3.29. The molecule has 1 aliphatic heterocycles. The molecule has 3 N–H and O–H groups in total. The number of aryl methyl sites for hydroxylation is 1. The fourth-order valence-corrected chi connectivity index (χ4v) is 1.94. The van der Waals surface area contributed by atoms with Gasteiger partial charge in [0.1, 0.15) is 0 Å². The molecule has 1 aliphatic rings. The van der Waals surface area contributed by atoms with Crippen LogP contribution in [0.1, 0.15) is 23.7 Å². The lowest BCUT2D eigenvalue weighted by Gasteiger charge is -2.26. The number of amides is 1. The van der Waals surface area contributed by atoms with Crippen LogP contribution in [0.4, 0.5) is 0 Å². The molecular formula is C14H20N2O2. The molecule has 0 saturated carbocycles. The number of carbonyl (C=O) groups excluding carboxylic acids is 1. The highest BCUT2D eigenvalue weighted by Crippen LogP contribution is 2.13. The van der Waals surface area contributed by atoms with E-state index in [2.05, 4.69) is 10.6 Å². The molecule has 1 fully saturated rings. The lowest BCUT2D eigenvalue weighted by molar-refractivity contribution is -0.122. The molecule has 4 heteroatoms. The first kappa shape index (κ1) is 13.1. The van der Waals surface area contributed by atoms with E-state index in [1.165, 1.54) is 0 Å². The molecule has 1 atom stereocenters. The molecule has 2 rings (SSSR count). The number of carbonyl (C=O) groups is 1. The monoisotopic (exact) mass is 248 g/mol. The van der Waals surface area contributed by atoms with Crippen LogP contribution >= 0.6 is 0 Å². The fraction of sp³-hybridized carbons (Fsp3) is 0.500. The van der Waals surface area contributed by atoms with Crippen molar-refractivity contribution in [3.05, 3.63) is 35.4 Å². The number of rotatable bonds is 5. The van der Waals surface area contributed by atoms with Crippen molar-refractivity contribution >= 4 is 5.91 Å². The fourth-order valence-electron chi connectivity index (χ4n) is 1.94. The lowest BCUT2D eigenvalue weighted by Crippen LogP contribution is -2.44. The molecule has 1 saturated heterocycles. The minimum atomic E-state index is -0.630. The molecular weight excluding hydrogens is 228 g/mol. The SMILES string of the molecule is Cc1ccc(C(O)CNC(=O)CC2CNC2)cc1. The van der Waals surface area contributed by atoms with Crippen LogP contribution < -0.4 is 10.6 Å². The Morgan fingerprint density at radius 2 is 2.11 bits per heavy atom. The van der Waals surface area contributed by atoms with E-state index in [1.54, 1.807) is 0 Å². The number of benzene rings is 1. The van der Waals surface area contributed by atoms with E-state index in [4.69, 9.17) is 0 Å². The number of nitrogens with one attached hydrogen (secondary N) is 2. The maximum Gasteiger partial charge on any atom is 0.220 e. The van der Waals surface area contributed by atoms with Crippen molar-refractivity contribution in [3.63, 3.8) is 0 Å². The minimum absolute atomic E-state index is 0.0210. The predicted octanol–water partition coefficient (Wildman–Crippen LogP) is 0.754. The first-order valence-electron chi connectivity index (χ1n) is 6.37. The Morgan fingerprint density at radius 3 is 2.67 bits per heavy atom. The second-order valence-corrected chi connectivity index (χ2v) is 4.96. The summed E-state index contributed by atoms with van der Waals surface area (Å²) < 4.78 is 0. The number of aliphatic hydroxyl groups is 1. The van der Waals surface area contributed by atoms with Crippen LogP contribution in [0.3, 0.4) is 0 Å². The van der Waals surface area contributed by atoms with Gasteiger partial charge in [-0.05, 0) is 31.5 Å². The van der Waals surface area contributed by atoms with Crippen molar-refractivity contribution in [2.45, 2.75) is 19.4 Å². The summed E-state index contributed by atoms with van der Waals surface area (Å²) in [5.41, 5.74) is 2.00. The van der Waals surface area contributed by atoms with Gasteiger partial charge in [-0.1, -0.05) is 29.8 Å². The maximum atomic E-state index is 11.6. The van der Waals surface area contributed by atoms with Gasteiger partial charge in [-0.15, -0.1) is 0 Å². The highest BCUT2D eigenvalue weighted by Gasteiger charge is 2.20. The molecule has 1 unspecified atom stereocenters. The Morgan fingerprint density at radius 1 is 1.44 bits per heavy atom. The van der Waals surface area contributed by atoms with Gasteiger partial charge in [-0.25, -0.2) is 0 Å². The van der Waals surface area contributed by atoms with Gasteiger partial charge in [0.15, 0.2) is 0 Å². The van der Waals surface area contributed by atoms with E-state index >= 15 is 0 Å². The van der Waals surface area contributed by atoms with Crippen LogP contribution in [0.25, 0.3) is 0 Å². The summed E-state index contributed by atoms with van der Waals surface area (Å²) in [5, 5.41) is 15.8. The molecule has 1 heterocycles. The van der Waals surface area contributed by atoms with Gasteiger partial charge in [-0.2, -0.15) is 0 Å². The van der Waals surface area contributed by atoms with Crippen molar-refractivity contribution in [1.29, 1.82) is 0 Å². The summed E-state index contributed by atoms with van der Waals surface area (Å²) >= 11 is 0. The molecule has 0 aliphatic carbocycles. The van der Waals surface area contributed by atoms with Crippen molar-refractivity contribution in [3.8, 4) is 0 Å². The van der Waals surface area contributed by atoms with Gasteiger partial charge < -0.3 is 15.7 Å². The Kier molecular flexibility index (Phi) is 4.33. The van der Waals surface area contributed by atoms with Crippen molar-refractivity contribution in [2.24, 2.45) is 5.92 Å². The first-order valence-corrected chi connectivity index (χ1v) is 6.37. The van der Waals surface area contributed by atoms with Gasteiger partial charge >= 0.3 is 0 Å². The van der Waals surface area contributed by atoms with Crippen molar-refractivity contribution in [1.82, 2.24) is 10.6 Å². The summed E-state index contributed by atoms with van der Waals surface area (Å²) in [6.45, 7) is 4.13. The van der Waals surface area contributed by atoms with Crippen LogP contribution in [0.2, 0.25) is 0 Å². The van der Waals surface area contributed by atoms with Crippen molar-refractivity contribution in [2.75, 3.05) is 19.6 Å². The highest BCUT2D eigenvalue weighted by molar-refractivity contribution is 5.76. The van der Waals surface area contributed by atoms with E-state index < -0.39 is 6.10 Å². The van der Waals surface area contributed by atoms with Crippen LogP contribution in [-0.4, -0.2) is 30.6 Å². The van der Waals surface area contributed by atoms with Crippen LogP contribution in [0.5, 0.6) is 0 Å². The highest BCUT2D eigenvalue weighted by atomic mass is 16.3. The quantitative estimate of drug-likeness (QED) is 0.721. The smallest absolute Gasteiger partial charge is 0.220 e. The van der Waals surface area contributed by atoms with Gasteiger partial charge in [0.2, 0.25) is 5.91 Å².